The van der Waals surface area contributed by atoms with Crippen molar-refractivity contribution in [3.8, 4) is 0 Å². The van der Waals surface area contributed by atoms with Crippen molar-refractivity contribution in [2.45, 2.75) is 24.7 Å². The molecule has 0 aliphatic rings. The summed E-state index contributed by atoms with van der Waals surface area (Å²) in [6, 6.07) is 33.5. The number of alkyl halides is 12. The number of benzene rings is 4. The average molecular weight is 826 g/mol. The van der Waals surface area contributed by atoms with Crippen LogP contribution in [0.3, 0.4) is 0 Å². The molecule has 0 aromatic heterocycles. The number of hydrogen-bond donors (Lipinski definition) is 0. The normalized spacial score (nSPS) is 12.3. The molecule has 0 unspecified atom stereocenters. The third-order valence-corrected chi connectivity index (χ3v) is 12.5. The minimum atomic E-state index is -4.43. The Bertz CT molecular complexity index is 1730. The van der Waals surface area contributed by atoms with Gasteiger partial charge in [0.25, 0.3) is 0 Å². The molecular weight excluding hydrogens is 802 g/mol. The van der Waals surface area contributed by atoms with Gasteiger partial charge >= 0.3 is 24.7 Å². The second-order valence-electron chi connectivity index (χ2n) is 11.1. The molecule has 6 aromatic carbocycles. The number of rotatable bonds is 6. The molecule has 0 amide bonds. The third-order valence-electron chi connectivity index (χ3n) is 7.62. The topological polar surface area (TPSA) is 0 Å². The minimum Gasteiger partial charge on any atom is -0.747 e. The van der Waals surface area contributed by atoms with Gasteiger partial charge in [-0.1, -0.05) is 67.1 Å². The fourth-order valence-electron chi connectivity index (χ4n) is 5.12. The zero-order valence-electron chi connectivity index (χ0n) is 26.6. The van der Waals surface area contributed by atoms with E-state index in [2.05, 4.69) is 0 Å². The molecule has 0 saturated heterocycles. The maximum atomic E-state index is 12.8. The summed E-state index contributed by atoms with van der Waals surface area (Å²) < 4.78 is 153. The van der Waals surface area contributed by atoms with Crippen molar-refractivity contribution in [2.24, 2.45) is 0 Å². The summed E-state index contributed by atoms with van der Waals surface area (Å²) in [6.07, 6.45) is -17.7. The number of halogens is 12. The first-order chi connectivity index (χ1) is 24.3. The summed E-state index contributed by atoms with van der Waals surface area (Å²) in [5, 5.41) is 4.27. The molecule has 15 heteroatoms. The van der Waals surface area contributed by atoms with E-state index in [1.54, 1.807) is 24.3 Å². The molecule has 0 nitrogen and oxygen atoms in total. The van der Waals surface area contributed by atoms with E-state index < -0.39 is 62.8 Å². The van der Waals surface area contributed by atoms with Crippen LogP contribution in [0.25, 0.3) is 0 Å². The summed E-state index contributed by atoms with van der Waals surface area (Å²) in [7, 11) is -2.48. The standard InChI is InChI=1S/2C19H12F6P.Fe/c2*20-18(21,22)13-5-9-16(10-6-13)26(15-3-1-2-4-15)17-11-7-14(8-12-17)19(23,24)25;/h2*1-12H;/q-5;-1;. The minimum absolute atomic E-state index is 0. The molecule has 0 bridgehead atoms. The van der Waals surface area contributed by atoms with Crippen molar-refractivity contribution in [1.82, 2.24) is 0 Å². The average Bonchev–Trinajstić information content (AvgIpc) is 3.81. The zero-order chi connectivity index (χ0) is 37.9. The van der Waals surface area contributed by atoms with E-state index in [-0.39, 0.29) is 17.1 Å². The van der Waals surface area contributed by atoms with Crippen molar-refractivity contribution in [2.75, 3.05) is 0 Å². The van der Waals surface area contributed by atoms with Gasteiger partial charge in [0, 0.05) is 17.1 Å². The monoisotopic (exact) mass is 826 g/mol. The molecule has 0 heterocycles. The summed E-state index contributed by atoms with van der Waals surface area (Å²) in [4.78, 5) is 0. The fourth-order valence-corrected chi connectivity index (χ4v) is 9.64. The van der Waals surface area contributed by atoms with Crippen LogP contribution in [0, 0.1) is 0 Å². The van der Waals surface area contributed by atoms with Gasteiger partial charge in [0.1, 0.15) is 0 Å². The van der Waals surface area contributed by atoms with E-state index in [0.717, 1.165) is 59.1 Å². The first-order valence-corrected chi connectivity index (χ1v) is 17.7. The summed E-state index contributed by atoms with van der Waals surface area (Å²) in [5.74, 6) is 0. The second kappa shape index (κ2) is 16.6. The van der Waals surface area contributed by atoms with Crippen LogP contribution in [-0.4, -0.2) is 0 Å². The Kier molecular flexibility index (Phi) is 13.1. The molecule has 0 saturated carbocycles. The first kappa shape index (κ1) is 41.9. The van der Waals surface area contributed by atoms with Gasteiger partial charge in [-0.25, -0.2) is 20.1 Å². The van der Waals surface area contributed by atoms with Crippen LogP contribution < -0.4 is 31.8 Å². The molecule has 0 radical (unpaired) electrons. The van der Waals surface area contributed by atoms with Gasteiger partial charge in [0.05, 0.1) is 22.3 Å². The van der Waals surface area contributed by atoms with Crippen LogP contribution >= 0.6 is 15.8 Å². The molecule has 6 aromatic rings. The predicted octanol–water partition coefficient (Wildman–Crippen LogP) is 10.4. The quantitative estimate of drug-likeness (QED) is 0.0679. The van der Waals surface area contributed by atoms with Crippen molar-refractivity contribution in [3.05, 3.63) is 168 Å². The maximum absolute atomic E-state index is 12.8. The summed E-state index contributed by atoms with van der Waals surface area (Å²) >= 11 is 0. The van der Waals surface area contributed by atoms with Crippen molar-refractivity contribution < 1.29 is 69.8 Å². The Morgan fingerprint density at radius 3 is 0.868 bits per heavy atom. The molecule has 0 atom stereocenters. The zero-order valence-corrected chi connectivity index (χ0v) is 29.5. The van der Waals surface area contributed by atoms with Gasteiger partial charge in [-0.3, -0.25) is 0 Å². The van der Waals surface area contributed by atoms with E-state index in [1.165, 1.54) is 48.5 Å². The molecule has 0 spiro atoms. The molecule has 0 fully saturated rings. The summed E-state index contributed by atoms with van der Waals surface area (Å²) in [5.41, 5.74) is -3.03. The van der Waals surface area contributed by atoms with Gasteiger partial charge < -0.3 is 29.6 Å². The van der Waals surface area contributed by atoms with Crippen molar-refractivity contribution in [1.29, 1.82) is 0 Å². The predicted molar refractivity (Wildman–Crippen MR) is 181 cm³/mol. The Morgan fingerprint density at radius 2 is 0.623 bits per heavy atom. The van der Waals surface area contributed by atoms with E-state index in [4.69, 9.17) is 0 Å². The SMILES string of the molecule is FC(F)(F)c1ccc(P(c2ccc(C(F)(F)F)cc2)[c-]2[cH-][cH-][cH-][cH-]2)cc1.FC(F)(F)c1ccc(P(c2ccc(C(F)(F)F)cc2)[c-]2cccc2)cc1.[Fe]. The maximum Gasteiger partial charge on any atom is 0.416 e. The van der Waals surface area contributed by atoms with E-state index in [9.17, 15) is 52.7 Å². The fraction of sp³-hybridized carbons (Fsp3) is 0.105. The largest absolute Gasteiger partial charge is 0.747 e. The van der Waals surface area contributed by atoms with Crippen LogP contribution in [-0.2, 0) is 41.8 Å². The van der Waals surface area contributed by atoms with Gasteiger partial charge in [0.2, 0.25) is 0 Å². The van der Waals surface area contributed by atoms with E-state index in [1.807, 2.05) is 24.3 Å². The van der Waals surface area contributed by atoms with E-state index >= 15 is 0 Å². The Balaban J connectivity index is 0.000000232. The van der Waals surface area contributed by atoms with E-state index in [0.29, 0.717) is 21.2 Å². The van der Waals surface area contributed by atoms with Crippen molar-refractivity contribution >= 4 is 47.7 Å². The van der Waals surface area contributed by atoms with Crippen LogP contribution in [0.4, 0.5) is 52.7 Å². The van der Waals surface area contributed by atoms with Gasteiger partial charge in [-0.05, 0) is 59.1 Å². The van der Waals surface area contributed by atoms with Gasteiger partial charge in [-0.2, -0.15) is 64.8 Å². The van der Waals surface area contributed by atoms with Gasteiger partial charge in [-0.15, -0.1) is 5.30 Å². The molecule has 0 aliphatic carbocycles. The van der Waals surface area contributed by atoms with Crippen LogP contribution in [0.1, 0.15) is 22.3 Å². The third kappa shape index (κ3) is 10.6. The molecule has 0 aliphatic heterocycles. The molecular formula is C38H24F12FeP2-6. The van der Waals surface area contributed by atoms with Gasteiger partial charge in [0.15, 0.2) is 0 Å². The Hall–Kier alpha value is -3.88. The second-order valence-corrected chi connectivity index (χ2v) is 15.6. The van der Waals surface area contributed by atoms with Crippen LogP contribution in [0.5, 0.6) is 0 Å². The van der Waals surface area contributed by atoms with Crippen LogP contribution in [0.2, 0.25) is 0 Å². The van der Waals surface area contributed by atoms with Crippen LogP contribution in [0.15, 0.2) is 146 Å². The molecule has 0 N–H and O–H groups in total. The molecule has 284 valence electrons. The van der Waals surface area contributed by atoms with Crippen molar-refractivity contribution in [3.63, 3.8) is 0 Å². The summed E-state index contributed by atoms with van der Waals surface area (Å²) in [6.45, 7) is 0. The Morgan fingerprint density at radius 1 is 0.377 bits per heavy atom. The molecule has 53 heavy (non-hydrogen) atoms. The smallest absolute Gasteiger partial charge is 0.416 e. The molecule has 6 rings (SSSR count). The first-order valence-electron chi connectivity index (χ1n) is 15.0. The number of hydrogen-bond acceptors (Lipinski definition) is 0. The Labute approximate surface area is 309 Å².